The Hall–Kier alpha value is -3.11. The molecule has 134 valence electrons. The number of amides is 1. The van der Waals surface area contributed by atoms with Crippen LogP contribution in [0.2, 0.25) is 5.02 Å². The Labute approximate surface area is 163 Å². The summed E-state index contributed by atoms with van der Waals surface area (Å²) in [6.07, 6.45) is 1.63. The van der Waals surface area contributed by atoms with Crippen molar-refractivity contribution < 1.29 is 4.79 Å². The van der Waals surface area contributed by atoms with Crippen LogP contribution >= 0.6 is 11.6 Å². The summed E-state index contributed by atoms with van der Waals surface area (Å²) < 4.78 is 0. The molecule has 0 saturated carbocycles. The van der Waals surface area contributed by atoms with E-state index in [2.05, 4.69) is 51.8 Å². The van der Waals surface area contributed by atoms with Gasteiger partial charge in [0.2, 0.25) is 0 Å². The molecule has 27 heavy (non-hydrogen) atoms. The number of hydrogen-bond donors (Lipinski definition) is 1. The minimum atomic E-state index is -0.291. The van der Waals surface area contributed by atoms with E-state index in [0.29, 0.717) is 10.6 Å². The lowest BCUT2D eigenvalue weighted by atomic mass is 10.1. The van der Waals surface area contributed by atoms with Crippen molar-refractivity contribution in [2.45, 2.75) is 13.1 Å². The standard InChI is InChI=1S/C22H18ClN3O/c23-20-7-3-6-17(12-20)22(27)25-24-13-16-8-10-21(11-9-16)26-14-18-4-1-2-5-19(18)15-26/h1-13H,14-15H2,(H,25,27)/b24-13+. The molecule has 0 spiro atoms. The summed E-state index contributed by atoms with van der Waals surface area (Å²) >= 11 is 5.89. The van der Waals surface area contributed by atoms with Crippen molar-refractivity contribution in [3.8, 4) is 0 Å². The van der Waals surface area contributed by atoms with E-state index >= 15 is 0 Å². The number of rotatable bonds is 4. The molecule has 0 fully saturated rings. The number of carbonyl (C=O) groups is 1. The number of fused-ring (bicyclic) bond motifs is 1. The van der Waals surface area contributed by atoms with E-state index in [1.165, 1.54) is 16.8 Å². The fraction of sp³-hybridized carbons (Fsp3) is 0.0909. The second-order valence-electron chi connectivity index (χ2n) is 6.43. The second kappa shape index (κ2) is 7.64. The van der Waals surface area contributed by atoms with Gasteiger partial charge in [-0.3, -0.25) is 4.79 Å². The van der Waals surface area contributed by atoms with Crippen LogP contribution < -0.4 is 10.3 Å². The van der Waals surface area contributed by atoms with Crippen molar-refractivity contribution in [2.24, 2.45) is 5.10 Å². The zero-order valence-corrected chi connectivity index (χ0v) is 15.4. The maximum atomic E-state index is 12.0. The molecule has 0 unspecified atom stereocenters. The first-order valence-electron chi connectivity index (χ1n) is 8.70. The smallest absolute Gasteiger partial charge is 0.271 e. The molecular weight excluding hydrogens is 358 g/mol. The third kappa shape index (κ3) is 4.01. The van der Waals surface area contributed by atoms with E-state index in [-0.39, 0.29) is 5.91 Å². The average Bonchev–Trinajstić information content (AvgIpc) is 3.12. The molecule has 3 aromatic rings. The van der Waals surface area contributed by atoms with E-state index in [0.717, 1.165) is 18.7 Å². The zero-order valence-electron chi connectivity index (χ0n) is 14.6. The lowest BCUT2D eigenvalue weighted by Gasteiger charge is -2.17. The molecule has 4 nitrogen and oxygen atoms in total. The van der Waals surface area contributed by atoms with Gasteiger partial charge in [0, 0.05) is 29.4 Å². The van der Waals surface area contributed by atoms with Gasteiger partial charge in [0.05, 0.1) is 6.21 Å². The predicted molar refractivity (Wildman–Crippen MR) is 109 cm³/mol. The number of hydrogen-bond acceptors (Lipinski definition) is 3. The molecule has 1 heterocycles. The summed E-state index contributed by atoms with van der Waals surface area (Å²) in [4.78, 5) is 14.4. The Morgan fingerprint density at radius 2 is 1.67 bits per heavy atom. The van der Waals surface area contributed by atoms with E-state index < -0.39 is 0 Å². The van der Waals surface area contributed by atoms with Crippen LogP contribution in [-0.2, 0) is 13.1 Å². The molecule has 0 radical (unpaired) electrons. The minimum Gasteiger partial charge on any atom is -0.363 e. The van der Waals surface area contributed by atoms with Gasteiger partial charge in [-0.15, -0.1) is 0 Å². The topological polar surface area (TPSA) is 44.7 Å². The van der Waals surface area contributed by atoms with Crippen LogP contribution in [0.3, 0.4) is 0 Å². The summed E-state index contributed by atoms with van der Waals surface area (Å²) in [5.74, 6) is -0.291. The molecule has 4 rings (SSSR count). The average molecular weight is 376 g/mol. The molecule has 3 aromatic carbocycles. The van der Waals surface area contributed by atoms with Gasteiger partial charge in [-0.2, -0.15) is 5.10 Å². The highest BCUT2D eigenvalue weighted by molar-refractivity contribution is 6.30. The van der Waals surface area contributed by atoms with Gasteiger partial charge >= 0.3 is 0 Å². The molecule has 0 bridgehead atoms. The fourth-order valence-corrected chi connectivity index (χ4v) is 3.34. The summed E-state index contributed by atoms with van der Waals surface area (Å²) in [5.41, 5.74) is 7.85. The zero-order chi connectivity index (χ0) is 18.6. The van der Waals surface area contributed by atoms with Crippen LogP contribution in [0.5, 0.6) is 0 Å². The summed E-state index contributed by atoms with van der Waals surface area (Å²) in [7, 11) is 0. The van der Waals surface area contributed by atoms with Gasteiger partial charge in [0.25, 0.3) is 5.91 Å². The van der Waals surface area contributed by atoms with E-state index in [1.807, 2.05) is 12.1 Å². The molecule has 1 N–H and O–H groups in total. The Kier molecular flexibility index (Phi) is 4.90. The lowest BCUT2D eigenvalue weighted by Crippen LogP contribution is -2.17. The highest BCUT2D eigenvalue weighted by atomic mass is 35.5. The maximum absolute atomic E-state index is 12.0. The summed E-state index contributed by atoms with van der Waals surface area (Å²) in [5, 5.41) is 4.55. The number of nitrogens with one attached hydrogen (secondary N) is 1. The third-order valence-corrected chi connectivity index (χ3v) is 4.80. The number of hydrazone groups is 1. The Bertz CT molecular complexity index is 973. The largest absolute Gasteiger partial charge is 0.363 e. The highest BCUT2D eigenvalue weighted by Gasteiger charge is 2.18. The molecule has 0 aromatic heterocycles. The molecule has 0 saturated heterocycles. The second-order valence-corrected chi connectivity index (χ2v) is 6.86. The molecule has 0 aliphatic carbocycles. The van der Waals surface area contributed by atoms with Crippen molar-refractivity contribution in [1.82, 2.24) is 5.43 Å². The quantitative estimate of drug-likeness (QED) is 0.534. The van der Waals surface area contributed by atoms with E-state index in [1.54, 1.807) is 30.5 Å². The van der Waals surface area contributed by atoms with Gasteiger partial charge in [0.15, 0.2) is 0 Å². The fourth-order valence-electron chi connectivity index (χ4n) is 3.15. The van der Waals surface area contributed by atoms with Crippen LogP contribution in [0, 0.1) is 0 Å². The van der Waals surface area contributed by atoms with Crippen molar-refractivity contribution in [1.29, 1.82) is 0 Å². The Morgan fingerprint density at radius 3 is 2.33 bits per heavy atom. The van der Waals surface area contributed by atoms with Gasteiger partial charge in [-0.1, -0.05) is 54.1 Å². The molecule has 5 heteroatoms. The van der Waals surface area contributed by atoms with Crippen LogP contribution in [0.25, 0.3) is 0 Å². The Morgan fingerprint density at radius 1 is 0.963 bits per heavy atom. The first-order chi connectivity index (χ1) is 13.2. The Balaban J connectivity index is 1.37. The van der Waals surface area contributed by atoms with Crippen LogP contribution in [0.1, 0.15) is 27.0 Å². The highest BCUT2D eigenvalue weighted by Crippen LogP contribution is 2.27. The molecule has 1 aliphatic heterocycles. The van der Waals surface area contributed by atoms with Gasteiger partial charge in [-0.05, 0) is 47.0 Å². The predicted octanol–water partition coefficient (Wildman–Crippen LogP) is 4.62. The van der Waals surface area contributed by atoms with Crippen molar-refractivity contribution in [3.63, 3.8) is 0 Å². The van der Waals surface area contributed by atoms with Gasteiger partial charge in [-0.25, -0.2) is 5.43 Å². The van der Waals surface area contributed by atoms with Crippen LogP contribution in [-0.4, -0.2) is 12.1 Å². The number of nitrogens with zero attached hydrogens (tertiary/aromatic N) is 2. The molecule has 1 aliphatic rings. The minimum absolute atomic E-state index is 0.291. The van der Waals surface area contributed by atoms with E-state index in [9.17, 15) is 4.79 Å². The first kappa shape index (κ1) is 17.3. The van der Waals surface area contributed by atoms with Crippen molar-refractivity contribution >= 4 is 29.4 Å². The lowest BCUT2D eigenvalue weighted by molar-refractivity contribution is 0.0955. The number of anilines is 1. The molecule has 0 atom stereocenters. The molecule has 1 amide bonds. The van der Waals surface area contributed by atoms with Gasteiger partial charge in [0.1, 0.15) is 0 Å². The van der Waals surface area contributed by atoms with Crippen LogP contribution in [0.15, 0.2) is 77.9 Å². The normalized spacial score (nSPS) is 13.0. The molecular formula is C22H18ClN3O. The van der Waals surface area contributed by atoms with Gasteiger partial charge < -0.3 is 4.90 Å². The third-order valence-electron chi connectivity index (χ3n) is 4.57. The summed E-state index contributed by atoms with van der Waals surface area (Å²) in [6, 6.07) is 23.4. The SMILES string of the molecule is O=C(N/N=C/c1ccc(N2Cc3ccccc3C2)cc1)c1cccc(Cl)c1. The summed E-state index contributed by atoms with van der Waals surface area (Å²) in [6.45, 7) is 1.86. The van der Waals surface area contributed by atoms with Crippen molar-refractivity contribution in [2.75, 3.05) is 4.90 Å². The van der Waals surface area contributed by atoms with Crippen molar-refractivity contribution in [3.05, 3.63) is 100 Å². The van der Waals surface area contributed by atoms with Crippen LogP contribution in [0.4, 0.5) is 5.69 Å². The number of benzene rings is 3. The first-order valence-corrected chi connectivity index (χ1v) is 9.07. The number of carbonyl (C=O) groups excluding carboxylic acids is 1. The monoisotopic (exact) mass is 375 g/mol. The maximum Gasteiger partial charge on any atom is 0.271 e. The van der Waals surface area contributed by atoms with E-state index in [4.69, 9.17) is 11.6 Å². The number of halogens is 1.